The van der Waals surface area contributed by atoms with Crippen LogP contribution >= 0.6 is 35.5 Å². The number of nitrogen functional groups attached to an aromatic ring is 1. The van der Waals surface area contributed by atoms with Crippen molar-refractivity contribution < 1.29 is 0 Å². The second-order valence-corrected chi connectivity index (χ2v) is 6.60. The van der Waals surface area contributed by atoms with Gasteiger partial charge >= 0.3 is 0 Å². The molecule has 0 spiro atoms. The molecular formula is C15H15ClN4S2. The van der Waals surface area contributed by atoms with E-state index in [2.05, 4.69) is 16.4 Å². The molecule has 3 aromatic rings. The minimum atomic E-state index is 0. The van der Waals surface area contributed by atoms with Gasteiger partial charge in [0.25, 0.3) is 0 Å². The standard InChI is InChI=1S/C15H14N4S2.ClH/c1-20-15-12(7-13(21-15)14(16)17)19-10-6-9-4-2-3-5-11(9)18-8-10;/h2-8,19H,1H3,(H3,16,17);1H. The van der Waals surface area contributed by atoms with Crippen LogP contribution in [0.3, 0.4) is 0 Å². The van der Waals surface area contributed by atoms with E-state index in [9.17, 15) is 0 Å². The number of nitrogens with zero attached hydrogens (tertiary/aromatic N) is 1. The first-order chi connectivity index (χ1) is 10.2. The predicted octanol–water partition coefficient (Wildman–Crippen LogP) is 4.47. The van der Waals surface area contributed by atoms with E-state index in [0.29, 0.717) is 0 Å². The number of thioether (sulfide) groups is 1. The minimum absolute atomic E-state index is 0. The lowest BCUT2D eigenvalue weighted by Gasteiger charge is -2.07. The summed E-state index contributed by atoms with van der Waals surface area (Å²) in [6.45, 7) is 0. The van der Waals surface area contributed by atoms with E-state index in [1.807, 2.05) is 42.8 Å². The molecule has 3 rings (SSSR count). The lowest BCUT2D eigenvalue weighted by atomic mass is 10.2. The molecule has 0 aliphatic rings. The van der Waals surface area contributed by atoms with Gasteiger partial charge in [0.05, 0.1) is 32.2 Å². The molecular weight excluding hydrogens is 336 g/mol. The van der Waals surface area contributed by atoms with Gasteiger partial charge in [0.1, 0.15) is 5.84 Å². The first-order valence-corrected chi connectivity index (χ1v) is 8.35. The number of para-hydroxylation sites is 1. The number of nitrogens with two attached hydrogens (primary N) is 1. The van der Waals surface area contributed by atoms with Gasteiger partial charge in [-0.3, -0.25) is 10.4 Å². The summed E-state index contributed by atoms with van der Waals surface area (Å²) in [5.41, 5.74) is 8.43. The van der Waals surface area contributed by atoms with Crippen LogP contribution < -0.4 is 11.1 Å². The molecule has 0 saturated carbocycles. The fourth-order valence-corrected chi connectivity index (χ4v) is 3.68. The van der Waals surface area contributed by atoms with Crippen molar-refractivity contribution in [3.63, 3.8) is 0 Å². The highest BCUT2D eigenvalue weighted by atomic mass is 35.5. The third-order valence-corrected chi connectivity index (χ3v) is 5.32. The van der Waals surface area contributed by atoms with Crippen molar-refractivity contribution in [2.45, 2.75) is 4.21 Å². The van der Waals surface area contributed by atoms with Gasteiger partial charge in [-0.25, -0.2) is 0 Å². The Morgan fingerprint density at radius 3 is 2.82 bits per heavy atom. The molecule has 1 aromatic carbocycles. The monoisotopic (exact) mass is 350 g/mol. The van der Waals surface area contributed by atoms with E-state index in [0.717, 1.165) is 31.4 Å². The Hall–Kier alpha value is -1.76. The van der Waals surface area contributed by atoms with E-state index in [4.69, 9.17) is 11.1 Å². The molecule has 0 atom stereocenters. The van der Waals surface area contributed by atoms with E-state index in [-0.39, 0.29) is 18.2 Å². The van der Waals surface area contributed by atoms with Crippen LogP contribution in [0.1, 0.15) is 4.88 Å². The number of benzene rings is 1. The fraction of sp³-hybridized carbons (Fsp3) is 0.0667. The van der Waals surface area contributed by atoms with Gasteiger partial charge in [-0.05, 0) is 24.5 Å². The van der Waals surface area contributed by atoms with Gasteiger partial charge < -0.3 is 11.1 Å². The quantitative estimate of drug-likeness (QED) is 0.368. The van der Waals surface area contributed by atoms with Crippen molar-refractivity contribution >= 4 is 63.6 Å². The van der Waals surface area contributed by atoms with E-state index in [1.165, 1.54) is 11.3 Å². The highest BCUT2D eigenvalue weighted by Crippen LogP contribution is 2.36. The van der Waals surface area contributed by atoms with Crippen LogP contribution in [0.5, 0.6) is 0 Å². The van der Waals surface area contributed by atoms with Crippen molar-refractivity contribution in [2.75, 3.05) is 11.6 Å². The largest absolute Gasteiger partial charge is 0.383 e. The van der Waals surface area contributed by atoms with Crippen molar-refractivity contribution in [3.8, 4) is 0 Å². The number of pyridine rings is 1. The summed E-state index contributed by atoms with van der Waals surface area (Å²) in [6, 6.07) is 12.0. The van der Waals surface area contributed by atoms with E-state index >= 15 is 0 Å². The van der Waals surface area contributed by atoms with Gasteiger partial charge in [-0.1, -0.05) is 18.2 Å². The summed E-state index contributed by atoms with van der Waals surface area (Å²) in [6.07, 6.45) is 3.83. The number of hydrogen-bond donors (Lipinski definition) is 3. The molecule has 22 heavy (non-hydrogen) atoms. The smallest absolute Gasteiger partial charge is 0.133 e. The highest BCUT2D eigenvalue weighted by Gasteiger charge is 2.10. The molecule has 0 aliphatic heterocycles. The molecule has 0 amide bonds. The molecule has 114 valence electrons. The Morgan fingerprint density at radius 1 is 1.32 bits per heavy atom. The van der Waals surface area contributed by atoms with Gasteiger partial charge in [-0.2, -0.15) is 0 Å². The lowest BCUT2D eigenvalue weighted by molar-refractivity contribution is 1.39. The second-order valence-electron chi connectivity index (χ2n) is 4.47. The maximum Gasteiger partial charge on any atom is 0.133 e. The summed E-state index contributed by atoms with van der Waals surface area (Å²) in [5, 5.41) is 12.0. The first kappa shape index (κ1) is 16.6. The SMILES string of the molecule is CSc1sc(C(=N)N)cc1Nc1cnc2ccccc2c1.Cl. The topological polar surface area (TPSA) is 74.8 Å². The number of nitrogens with one attached hydrogen (secondary N) is 2. The zero-order valence-corrected chi connectivity index (χ0v) is 14.2. The van der Waals surface area contributed by atoms with Crippen LogP contribution in [0.4, 0.5) is 11.4 Å². The fourth-order valence-electron chi connectivity index (χ4n) is 2.04. The Labute approximate surface area is 143 Å². The van der Waals surface area contributed by atoms with Crippen LogP contribution in [0, 0.1) is 5.41 Å². The molecule has 0 aliphatic carbocycles. The lowest BCUT2D eigenvalue weighted by Crippen LogP contribution is -2.08. The molecule has 0 saturated heterocycles. The zero-order valence-electron chi connectivity index (χ0n) is 11.8. The minimum Gasteiger partial charge on any atom is -0.383 e. The highest BCUT2D eigenvalue weighted by molar-refractivity contribution is 8.00. The number of thiophene rings is 1. The number of hydrogen-bond acceptors (Lipinski definition) is 5. The summed E-state index contributed by atoms with van der Waals surface area (Å²) in [5.74, 6) is 0.0972. The molecule has 7 heteroatoms. The van der Waals surface area contributed by atoms with Crippen LogP contribution in [0.2, 0.25) is 0 Å². The average Bonchev–Trinajstić information content (AvgIpc) is 2.90. The van der Waals surface area contributed by atoms with Gasteiger partial charge in [0.2, 0.25) is 0 Å². The Kier molecular flexibility index (Phi) is 5.28. The molecule has 2 aromatic heterocycles. The average molecular weight is 351 g/mol. The molecule has 0 bridgehead atoms. The first-order valence-electron chi connectivity index (χ1n) is 6.31. The Balaban J connectivity index is 0.00000176. The summed E-state index contributed by atoms with van der Waals surface area (Å²) in [4.78, 5) is 5.22. The van der Waals surface area contributed by atoms with Crippen LogP contribution in [0.15, 0.2) is 46.8 Å². The Bertz CT molecular complexity index is 816. The van der Waals surface area contributed by atoms with Crippen molar-refractivity contribution in [1.82, 2.24) is 4.98 Å². The van der Waals surface area contributed by atoms with Gasteiger partial charge in [0.15, 0.2) is 0 Å². The van der Waals surface area contributed by atoms with Crippen LogP contribution in [-0.2, 0) is 0 Å². The number of fused-ring (bicyclic) bond motifs is 1. The number of halogens is 1. The van der Waals surface area contributed by atoms with Gasteiger partial charge in [0, 0.05) is 5.39 Å². The van der Waals surface area contributed by atoms with Crippen molar-refractivity contribution in [3.05, 3.63) is 47.5 Å². The molecule has 4 nitrogen and oxygen atoms in total. The molecule has 4 N–H and O–H groups in total. The molecule has 0 unspecified atom stereocenters. The third-order valence-electron chi connectivity index (χ3n) is 3.02. The maximum absolute atomic E-state index is 7.55. The van der Waals surface area contributed by atoms with Crippen molar-refractivity contribution in [1.29, 1.82) is 5.41 Å². The number of anilines is 2. The summed E-state index contributed by atoms with van der Waals surface area (Å²) in [7, 11) is 0. The van der Waals surface area contributed by atoms with Crippen LogP contribution in [0.25, 0.3) is 10.9 Å². The van der Waals surface area contributed by atoms with E-state index in [1.54, 1.807) is 11.8 Å². The molecule has 0 radical (unpaired) electrons. The van der Waals surface area contributed by atoms with Gasteiger partial charge in [-0.15, -0.1) is 35.5 Å². The number of aromatic nitrogens is 1. The van der Waals surface area contributed by atoms with Crippen molar-refractivity contribution in [2.24, 2.45) is 5.73 Å². The molecule has 2 heterocycles. The third kappa shape index (κ3) is 3.35. The normalized spacial score (nSPS) is 10.2. The summed E-state index contributed by atoms with van der Waals surface area (Å²) < 4.78 is 1.10. The second kappa shape index (κ2) is 7.00. The number of rotatable bonds is 4. The summed E-state index contributed by atoms with van der Waals surface area (Å²) >= 11 is 3.16. The number of amidine groups is 1. The predicted molar refractivity (Wildman–Crippen MR) is 99.4 cm³/mol. The Morgan fingerprint density at radius 2 is 2.09 bits per heavy atom. The maximum atomic E-state index is 7.55. The zero-order chi connectivity index (χ0) is 14.8. The molecule has 0 fully saturated rings. The van der Waals surface area contributed by atoms with Crippen LogP contribution in [-0.4, -0.2) is 17.1 Å². The van der Waals surface area contributed by atoms with E-state index < -0.39 is 0 Å².